The molecule has 0 bridgehead atoms. The van der Waals surface area contributed by atoms with Gasteiger partial charge in [0.15, 0.2) is 6.04 Å². The van der Waals surface area contributed by atoms with Crippen molar-refractivity contribution in [3.05, 3.63) is 65.7 Å². The maximum Gasteiger partial charge on any atom is 0.410 e. The van der Waals surface area contributed by atoms with Crippen LogP contribution >= 0.6 is 0 Å². The molecule has 1 aliphatic rings. The first-order valence-corrected chi connectivity index (χ1v) is 8.62. The van der Waals surface area contributed by atoms with Gasteiger partial charge in [-0.25, -0.2) is 4.68 Å². The summed E-state index contributed by atoms with van der Waals surface area (Å²) in [4.78, 5) is 12.7. The number of nitrogens with zero attached hydrogens (tertiary/aromatic N) is 3. The molecule has 0 radical (unpaired) electrons. The van der Waals surface area contributed by atoms with Crippen LogP contribution < -0.4 is 10.6 Å². The van der Waals surface area contributed by atoms with E-state index >= 15 is 0 Å². The van der Waals surface area contributed by atoms with Crippen molar-refractivity contribution in [3.8, 4) is 6.07 Å². The Hall–Kier alpha value is -3.74. The summed E-state index contributed by atoms with van der Waals surface area (Å²) in [5.41, 5.74) is 0.793. The molecule has 148 valence electrons. The van der Waals surface area contributed by atoms with Crippen LogP contribution in [0.15, 0.2) is 53.3 Å². The van der Waals surface area contributed by atoms with Gasteiger partial charge in [0.25, 0.3) is 5.91 Å². The average molecular weight is 401 g/mol. The maximum atomic E-state index is 13.6. The normalized spacial score (nSPS) is 18.4. The Kier molecular flexibility index (Phi) is 4.50. The molecular weight excluding hydrogens is 387 g/mol. The zero-order valence-corrected chi connectivity index (χ0v) is 14.8. The molecule has 3 heterocycles. The lowest BCUT2D eigenvalue weighted by Crippen LogP contribution is -2.36. The number of hydrogen-bond donors (Lipinski definition) is 2. The Bertz CT molecular complexity index is 1060. The van der Waals surface area contributed by atoms with Crippen molar-refractivity contribution in [1.82, 2.24) is 9.78 Å². The molecule has 2 N–H and O–H groups in total. The lowest BCUT2D eigenvalue weighted by atomic mass is 10.0. The number of rotatable bonds is 3. The van der Waals surface area contributed by atoms with Crippen molar-refractivity contribution in [2.75, 3.05) is 10.6 Å². The third-order valence-corrected chi connectivity index (χ3v) is 4.64. The van der Waals surface area contributed by atoms with E-state index < -0.39 is 24.2 Å². The van der Waals surface area contributed by atoms with Crippen molar-refractivity contribution in [2.24, 2.45) is 0 Å². The number of hydrogen-bond acceptors (Lipinski definition) is 5. The summed E-state index contributed by atoms with van der Waals surface area (Å²) < 4.78 is 46.9. The molecule has 2 aromatic heterocycles. The second-order valence-electron chi connectivity index (χ2n) is 6.50. The third kappa shape index (κ3) is 3.54. The second kappa shape index (κ2) is 7.01. The Labute approximate surface area is 162 Å². The van der Waals surface area contributed by atoms with Gasteiger partial charge in [-0.1, -0.05) is 0 Å². The Balaban J connectivity index is 1.66. The predicted octanol–water partition coefficient (Wildman–Crippen LogP) is 4.26. The van der Waals surface area contributed by atoms with E-state index in [9.17, 15) is 18.0 Å². The van der Waals surface area contributed by atoms with E-state index in [1.165, 1.54) is 30.5 Å². The van der Waals surface area contributed by atoms with E-state index in [0.717, 1.165) is 10.9 Å². The van der Waals surface area contributed by atoms with E-state index in [1.807, 2.05) is 6.07 Å². The zero-order chi connectivity index (χ0) is 20.6. The van der Waals surface area contributed by atoms with Gasteiger partial charge in [-0.05, 0) is 36.4 Å². The van der Waals surface area contributed by atoms with Gasteiger partial charge in [-0.3, -0.25) is 4.79 Å². The molecule has 3 aromatic rings. The summed E-state index contributed by atoms with van der Waals surface area (Å²) in [7, 11) is 0. The highest BCUT2D eigenvalue weighted by atomic mass is 19.4. The van der Waals surface area contributed by atoms with Crippen molar-refractivity contribution in [2.45, 2.75) is 24.7 Å². The number of furan rings is 1. The SMILES string of the molecule is N#Cc1ccc(NC(=O)c2cnn3c2N[C@H](c2ccco2)C[C@H]3C(F)(F)F)cc1. The van der Waals surface area contributed by atoms with Gasteiger partial charge >= 0.3 is 6.18 Å². The van der Waals surface area contributed by atoms with Crippen LogP contribution in [0.25, 0.3) is 0 Å². The summed E-state index contributed by atoms with van der Waals surface area (Å²) in [5, 5.41) is 18.2. The molecule has 1 aliphatic heterocycles. The van der Waals surface area contributed by atoms with Crippen molar-refractivity contribution in [3.63, 3.8) is 0 Å². The zero-order valence-electron chi connectivity index (χ0n) is 14.8. The molecular formula is C19H14F3N5O2. The number of amides is 1. The number of carbonyl (C=O) groups excluding carboxylic acids is 1. The van der Waals surface area contributed by atoms with Crippen LogP contribution in [0, 0.1) is 11.3 Å². The van der Waals surface area contributed by atoms with Crippen LogP contribution in [-0.2, 0) is 0 Å². The van der Waals surface area contributed by atoms with E-state index in [-0.39, 0.29) is 17.8 Å². The van der Waals surface area contributed by atoms with Gasteiger partial charge in [0, 0.05) is 12.1 Å². The molecule has 1 amide bonds. The largest absolute Gasteiger partial charge is 0.467 e. The van der Waals surface area contributed by atoms with Gasteiger partial charge in [0.1, 0.15) is 17.1 Å². The molecule has 4 rings (SSSR count). The van der Waals surface area contributed by atoms with Gasteiger partial charge in [-0.15, -0.1) is 0 Å². The molecule has 0 spiro atoms. The van der Waals surface area contributed by atoms with Crippen molar-refractivity contribution >= 4 is 17.4 Å². The van der Waals surface area contributed by atoms with E-state index in [2.05, 4.69) is 15.7 Å². The smallest absolute Gasteiger partial charge is 0.410 e. The summed E-state index contributed by atoms with van der Waals surface area (Å²) in [5.74, 6) is -0.319. The fraction of sp³-hybridized carbons (Fsp3) is 0.211. The molecule has 1 aromatic carbocycles. The highest BCUT2D eigenvalue weighted by Gasteiger charge is 2.47. The standard InChI is InChI=1S/C19H14F3N5O2/c20-19(21,22)16-8-14(15-2-1-7-29-15)26-17-13(10-24-27(16)17)18(28)25-12-5-3-11(9-23)4-6-12/h1-7,10,14,16,26H,8H2,(H,25,28)/t14-,16-/m0/s1. The van der Waals surface area contributed by atoms with Crippen LogP contribution in [-0.4, -0.2) is 21.9 Å². The number of fused-ring (bicyclic) bond motifs is 1. The number of carbonyl (C=O) groups is 1. The fourth-order valence-electron chi connectivity index (χ4n) is 3.23. The van der Waals surface area contributed by atoms with Gasteiger partial charge in [0.2, 0.25) is 0 Å². The average Bonchev–Trinajstić information content (AvgIpc) is 3.37. The second-order valence-corrected chi connectivity index (χ2v) is 6.50. The maximum absolute atomic E-state index is 13.6. The summed E-state index contributed by atoms with van der Waals surface area (Å²) in [6, 6.07) is 8.57. The topological polar surface area (TPSA) is 95.9 Å². The fourth-order valence-corrected chi connectivity index (χ4v) is 3.23. The highest BCUT2D eigenvalue weighted by Crippen LogP contribution is 2.44. The van der Waals surface area contributed by atoms with E-state index in [4.69, 9.17) is 9.68 Å². The lowest BCUT2D eigenvalue weighted by Gasteiger charge is -2.32. The minimum Gasteiger partial charge on any atom is -0.467 e. The summed E-state index contributed by atoms with van der Waals surface area (Å²) >= 11 is 0. The molecule has 0 aliphatic carbocycles. The summed E-state index contributed by atoms with van der Waals surface area (Å²) in [6.45, 7) is 0. The number of nitrogens with one attached hydrogen (secondary N) is 2. The Morgan fingerprint density at radius 2 is 2.07 bits per heavy atom. The van der Waals surface area contributed by atoms with Crippen LogP contribution in [0.5, 0.6) is 0 Å². The summed E-state index contributed by atoms with van der Waals surface area (Å²) in [6.07, 6.45) is -2.38. The predicted molar refractivity (Wildman–Crippen MR) is 96.1 cm³/mol. The van der Waals surface area contributed by atoms with Crippen LogP contribution in [0.4, 0.5) is 24.7 Å². The molecule has 0 saturated carbocycles. The molecule has 0 fully saturated rings. The number of benzene rings is 1. The number of halogens is 3. The first-order valence-electron chi connectivity index (χ1n) is 8.62. The molecule has 10 heteroatoms. The number of nitriles is 1. The Morgan fingerprint density at radius 3 is 2.69 bits per heavy atom. The first-order chi connectivity index (χ1) is 13.9. The van der Waals surface area contributed by atoms with Crippen molar-refractivity contribution in [1.29, 1.82) is 5.26 Å². The molecule has 7 nitrogen and oxygen atoms in total. The minimum atomic E-state index is -4.55. The van der Waals surface area contributed by atoms with Crippen LogP contribution in [0.1, 0.15) is 40.2 Å². The van der Waals surface area contributed by atoms with Gasteiger partial charge in [-0.2, -0.15) is 23.5 Å². The Morgan fingerprint density at radius 1 is 1.31 bits per heavy atom. The molecule has 0 saturated heterocycles. The van der Waals surface area contributed by atoms with Gasteiger partial charge < -0.3 is 15.1 Å². The number of anilines is 2. The lowest BCUT2D eigenvalue weighted by molar-refractivity contribution is -0.174. The molecule has 2 atom stereocenters. The first kappa shape index (κ1) is 18.6. The quantitative estimate of drug-likeness (QED) is 0.684. The highest BCUT2D eigenvalue weighted by molar-refractivity contribution is 6.07. The molecule has 29 heavy (non-hydrogen) atoms. The number of alkyl halides is 3. The van der Waals surface area contributed by atoms with Crippen LogP contribution in [0.2, 0.25) is 0 Å². The molecule has 0 unspecified atom stereocenters. The monoisotopic (exact) mass is 401 g/mol. The number of aromatic nitrogens is 2. The van der Waals surface area contributed by atoms with Crippen molar-refractivity contribution < 1.29 is 22.4 Å². The van der Waals surface area contributed by atoms with Crippen LogP contribution in [0.3, 0.4) is 0 Å². The third-order valence-electron chi connectivity index (χ3n) is 4.64. The minimum absolute atomic E-state index is 0.0279. The van der Waals surface area contributed by atoms with E-state index in [1.54, 1.807) is 12.1 Å². The van der Waals surface area contributed by atoms with Gasteiger partial charge in [0.05, 0.1) is 30.1 Å². The van der Waals surface area contributed by atoms with E-state index in [0.29, 0.717) is 17.0 Å².